The number of hydrogen-bond donors (Lipinski definition) is 1. The topological polar surface area (TPSA) is 62.3 Å². The van der Waals surface area contributed by atoms with Gasteiger partial charge in [-0.25, -0.2) is 9.37 Å². The van der Waals surface area contributed by atoms with Crippen molar-refractivity contribution in [3.05, 3.63) is 29.6 Å². The van der Waals surface area contributed by atoms with Crippen LogP contribution in [-0.4, -0.2) is 41.3 Å². The van der Waals surface area contributed by atoms with Crippen LogP contribution in [0.4, 0.5) is 8.78 Å². The standard InChI is InChI=1S/C12H13F2N3O2/c13-10-8(3-4-15-11(10)14)12(19)16-7-9(18)17-5-1-2-6-17/h3-4H,1-2,5-7H2,(H,16,19). The van der Waals surface area contributed by atoms with Crippen LogP contribution in [0.5, 0.6) is 0 Å². The molecule has 1 aromatic heterocycles. The lowest BCUT2D eigenvalue weighted by Crippen LogP contribution is -2.38. The highest BCUT2D eigenvalue weighted by Crippen LogP contribution is 2.09. The van der Waals surface area contributed by atoms with E-state index in [1.807, 2.05) is 0 Å². The summed E-state index contributed by atoms with van der Waals surface area (Å²) in [5, 5.41) is 2.28. The Labute approximate surface area is 108 Å². The quantitative estimate of drug-likeness (QED) is 0.822. The number of pyridine rings is 1. The molecule has 0 bridgehead atoms. The van der Waals surface area contributed by atoms with Crippen LogP contribution in [0.1, 0.15) is 23.2 Å². The lowest BCUT2D eigenvalue weighted by Gasteiger charge is -2.15. The van der Waals surface area contributed by atoms with Crippen LogP contribution < -0.4 is 5.32 Å². The largest absolute Gasteiger partial charge is 0.343 e. The van der Waals surface area contributed by atoms with Crippen molar-refractivity contribution in [3.8, 4) is 0 Å². The van der Waals surface area contributed by atoms with E-state index >= 15 is 0 Å². The molecule has 0 spiro atoms. The lowest BCUT2D eigenvalue weighted by molar-refractivity contribution is -0.129. The third-order valence-electron chi connectivity index (χ3n) is 2.95. The molecule has 1 saturated heterocycles. The summed E-state index contributed by atoms with van der Waals surface area (Å²) in [6.07, 6.45) is 2.89. The van der Waals surface area contributed by atoms with Crippen LogP contribution >= 0.6 is 0 Å². The molecule has 0 aliphatic carbocycles. The second kappa shape index (κ2) is 5.73. The van der Waals surface area contributed by atoms with Crippen LogP contribution in [-0.2, 0) is 4.79 Å². The van der Waals surface area contributed by atoms with Crippen LogP contribution in [0, 0.1) is 11.8 Å². The van der Waals surface area contributed by atoms with Crippen LogP contribution in [0.2, 0.25) is 0 Å². The number of amides is 2. The molecule has 0 radical (unpaired) electrons. The van der Waals surface area contributed by atoms with Crippen LogP contribution in [0.15, 0.2) is 12.3 Å². The van der Waals surface area contributed by atoms with E-state index in [1.165, 1.54) is 0 Å². The van der Waals surface area contributed by atoms with Gasteiger partial charge in [0.15, 0.2) is 5.82 Å². The van der Waals surface area contributed by atoms with Gasteiger partial charge in [-0.05, 0) is 18.9 Å². The highest BCUT2D eigenvalue weighted by atomic mass is 19.2. The van der Waals surface area contributed by atoms with Gasteiger partial charge in [-0.1, -0.05) is 0 Å². The average Bonchev–Trinajstić information content (AvgIpc) is 2.93. The number of rotatable bonds is 3. The molecule has 2 amide bonds. The number of aromatic nitrogens is 1. The summed E-state index contributed by atoms with van der Waals surface area (Å²) in [6.45, 7) is 1.13. The third kappa shape index (κ3) is 3.04. The van der Waals surface area contributed by atoms with Gasteiger partial charge in [-0.2, -0.15) is 4.39 Å². The van der Waals surface area contributed by atoms with Gasteiger partial charge < -0.3 is 10.2 Å². The number of nitrogens with one attached hydrogen (secondary N) is 1. The zero-order chi connectivity index (χ0) is 13.8. The zero-order valence-corrected chi connectivity index (χ0v) is 10.2. The smallest absolute Gasteiger partial charge is 0.254 e. The number of carbonyl (C=O) groups is 2. The zero-order valence-electron chi connectivity index (χ0n) is 10.2. The first-order valence-electron chi connectivity index (χ1n) is 5.95. The number of carbonyl (C=O) groups excluding carboxylic acids is 2. The van der Waals surface area contributed by atoms with E-state index < -0.39 is 23.2 Å². The SMILES string of the molecule is O=C(NCC(=O)N1CCCC1)c1ccnc(F)c1F. The van der Waals surface area contributed by atoms with Gasteiger partial charge in [-0.3, -0.25) is 9.59 Å². The van der Waals surface area contributed by atoms with Gasteiger partial charge >= 0.3 is 0 Å². The molecule has 1 aliphatic heterocycles. The fraction of sp³-hybridized carbons (Fsp3) is 0.417. The number of halogens is 2. The van der Waals surface area contributed by atoms with Crippen molar-refractivity contribution in [2.24, 2.45) is 0 Å². The predicted octanol–water partition coefficient (Wildman–Crippen LogP) is 0.712. The first-order chi connectivity index (χ1) is 9.09. The first kappa shape index (κ1) is 13.4. The van der Waals surface area contributed by atoms with Crippen LogP contribution in [0.25, 0.3) is 0 Å². The lowest BCUT2D eigenvalue weighted by atomic mass is 10.2. The Hall–Kier alpha value is -2.05. The molecule has 1 fully saturated rings. The van der Waals surface area contributed by atoms with Crippen molar-refractivity contribution in [1.29, 1.82) is 0 Å². The highest BCUT2D eigenvalue weighted by Gasteiger charge is 2.20. The maximum Gasteiger partial charge on any atom is 0.254 e. The Morgan fingerprint density at radius 2 is 2.00 bits per heavy atom. The second-order valence-corrected chi connectivity index (χ2v) is 4.23. The molecule has 7 heteroatoms. The number of hydrogen-bond acceptors (Lipinski definition) is 3. The van der Waals surface area contributed by atoms with Crippen molar-refractivity contribution < 1.29 is 18.4 Å². The summed E-state index contributed by atoms with van der Waals surface area (Å²) in [6, 6.07) is 1.06. The molecule has 1 N–H and O–H groups in total. The van der Waals surface area contributed by atoms with Gasteiger partial charge in [0, 0.05) is 19.3 Å². The summed E-state index contributed by atoms with van der Waals surface area (Å²) in [5.41, 5.74) is -0.457. The van der Waals surface area contributed by atoms with Crippen LogP contribution in [0.3, 0.4) is 0 Å². The van der Waals surface area contributed by atoms with Gasteiger partial charge in [0.1, 0.15) is 0 Å². The van der Waals surface area contributed by atoms with Gasteiger partial charge in [0.2, 0.25) is 11.9 Å². The Kier molecular flexibility index (Phi) is 4.03. The maximum atomic E-state index is 13.3. The molecular weight excluding hydrogens is 256 g/mol. The monoisotopic (exact) mass is 269 g/mol. The predicted molar refractivity (Wildman–Crippen MR) is 62.3 cm³/mol. The van der Waals surface area contributed by atoms with E-state index in [0.717, 1.165) is 25.1 Å². The molecule has 1 aliphatic rings. The average molecular weight is 269 g/mol. The summed E-state index contributed by atoms with van der Waals surface area (Å²) < 4.78 is 26.1. The van der Waals surface area contributed by atoms with Gasteiger partial charge in [-0.15, -0.1) is 0 Å². The molecule has 2 heterocycles. The summed E-state index contributed by atoms with van der Waals surface area (Å²) in [4.78, 5) is 28.0. The van der Waals surface area contributed by atoms with Gasteiger partial charge in [0.05, 0.1) is 12.1 Å². The van der Waals surface area contributed by atoms with Gasteiger partial charge in [0.25, 0.3) is 5.91 Å². The first-order valence-corrected chi connectivity index (χ1v) is 5.95. The Morgan fingerprint density at radius 3 is 2.68 bits per heavy atom. The van der Waals surface area contributed by atoms with Crippen molar-refractivity contribution in [2.75, 3.05) is 19.6 Å². The molecular formula is C12H13F2N3O2. The van der Waals surface area contributed by atoms with Crippen molar-refractivity contribution in [2.45, 2.75) is 12.8 Å². The van der Waals surface area contributed by atoms with E-state index in [0.29, 0.717) is 13.1 Å². The van der Waals surface area contributed by atoms with E-state index in [-0.39, 0.29) is 12.5 Å². The highest BCUT2D eigenvalue weighted by molar-refractivity contribution is 5.96. The second-order valence-electron chi connectivity index (χ2n) is 4.23. The molecule has 19 heavy (non-hydrogen) atoms. The van der Waals surface area contributed by atoms with Crippen molar-refractivity contribution in [3.63, 3.8) is 0 Å². The minimum atomic E-state index is -1.33. The van der Waals surface area contributed by atoms with E-state index in [2.05, 4.69) is 10.3 Å². The Morgan fingerprint density at radius 1 is 1.32 bits per heavy atom. The summed E-state index contributed by atoms with van der Waals surface area (Å²) in [5.74, 6) is -3.70. The number of likely N-dealkylation sites (tertiary alicyclic amines) is 1. The Balaban J connectivity index is 1.94. The van der Waals surface area contributed by atoms with Crippen molar-refractivity contribution in [1.82, 2.24) is 15.2 Å². The van der Waals surface area contributed by atoms with E-state index in [1.54, 1.807) is 4.90 Å². The Bertz CT molecular complexity index is 502. The normalized spacial score (nSPS) is 14.5. The van der Waals surface area contributed by atoms with E-state index in [9.17, 15) is 18.4 Å². The molecule has 2 rings (SSSR count). The molecule has 102 valence electrons. The minimum absolute atomic E-state index is 0.220. The molecule has 0 unspecified atom stereocenters. The minimum Gasteiger partial charge on any atom is -0.343 e. The molecule has 0 atom stereocenters. The fourth-order valence-corrected chi connectivity index (χ4v) is 1.92. The summed E-state index contributed by atoms with van der Waals surface area (Å²) >= 11 is 0. The fourth-order valence-electron chi connectivity index (χ4n) is 1.92. The number of nitrogens with zero attached hydrogens (tertiary/aromatic N) is 2. The molecule has 1 aromatic rings. The molecule has 0 saturated carbocycles. The maximum absolute atomic E-state index is 13.3. The third-order valence-corrected chi connectivity index (χ3v) is 2.95. The van der Waals surface area contributed by atoms with Crippen molar-refractivity contribution >= 4 is 11.8 Å². The van der Waals surface area contributed by atoms with E-state index in [4.69, 9.17) is 0 Å². The molecule has 0 aromatic carbocycles. The molecule has 5 nitrogen and oxygen atoms in total. The summed E-state index contributed by atoms with van der Waals surface area (Å²) in [7, 11) is 0.